The van der Waals surface area contributed by atoms with Gasteiger partial charge in [0, 0.05) is 30.6 Å². The lowest BCUT2D eigenvalue weighted by Gasteiger charge is -2.24. The van der Waals surface area contributed by atoms with Crippen molar-refractivity contribution < 1.29 is 28.9 Å². The van der Waals surface area contributed by atoms with Crippen LogP contribution in [0, 0.1) is 5.92 Å². The summed E-state index contributed by atoms with van der Waals surface area (Å²) in [5.41, 5.74) is 0.273. The zero-order chi connectivity index (χ0) is 21.6. The highest BCUT2D eigenvalue weighted by molar-refractivity contribution is 5.81. The summed E-state index contributed by atoms with van der Waals surface area (Å²) in [6.45, 7) is 6.11. The van der Waals surface area contributed by atoms with Gasteiger partial charge in [0.05, 0.1) is 26.9 Å². The maximum atomic E-state index is 12.8. The number of nitrogens with zero attached hydrogens (tertiary/aromatic N) is 1. The minimum atomic E-state index is -0.624. The van der Waals surface area contributed by atoms with E-state index >= 15 is 0 Å². The van der Waals surface area contributed by atoms with Crippen molar-refractivity contribution >= 4 is 12.0 Å². The van der Waals surface area contributed by atoms with Gasteiger partial charge in [-0.3, -0.25) is 4.79 Å². The van der Waals surface area contributed by atoms with Gasteiger partial charge in [-0.1, -0.05) is 0 Å². The van der Waals surface area contributed by atoms with E-state index in [1.165, 1.54) is 0 Å². The molecule has 1 fully saturated rings. The van der Waals surface area contributed by atoms with Gasteiger partial charge in [-0.15, -0.1) is 0 Å². The van der Waals surface area contributed by atoms with Crippen molar-refractivity contribution in [2.75, 3.05) is 27.4 Å². The van der Waals surface area contributed by atoms with Gasteiger partial charge >= 0.3 is 6.09 Å². The summed E-state index contributed by atoms with van der Waals surface area (Å²) in [7, 11) is 3.17. The molecule has 1 aliphatic rings. The van der Waals surface area contributed by atoms with Crippen molar-refractivity contribution in [1.29, 1.82) is 0 Å². The molecule has 29 heavy (non-hydrogen) atoms. The normalized spacial score (nSPS) is 17.8. The van der Waals surface area contributed by atoms with Crippen LogP contribution in [0.1, 0.15) is 39.2 Å². The molecule has 2 N–H and O–H groups in total. The largest absolute Gasteiger partial charge is 0.497 e. The van der Waals surface area contributed by atoms with Crippen molar-refractivity contribution in [3.05, 3.63) is 23.8 Å². The summed E-state index contributed by atoms with van der Waals surface area (Å²) < 4.78 is 15.8. The van der Waals surface area contributed by atoms with E-state index in [4.69, 9.17) is 14.2 Å². The molecule has 0 bridgehead atoms. The van der Waals surface area contributed by atoms with Gasteiger partial charge in [0.25, 0.3) is 0 Å². The van der Waals surface area contributed by atoms with Crippen molar-refractivity contribution in [3.63, 3.8) is 0 Å². The fourth-order valence-corrected chi connectivity index (χ4v) is 3.36. The minimum Gasteiger partial charge on any atom is -0.497 e. The smallest absolute Gasteiger partial charge is 0.407 e. The molecule has 0 aliphatic carbocycles. The Morgan fingerprint density at radius 3 is 2.62 bits per heavy atom. The van der Waals surface area contributed by atoms with Crippen LogP contribution in [0.2, 0.25) is 0 Å². The van der Waals surface area contributed by atoms with Gasteiger partial charge in [-0.05, 0) is 45.7 Å². The molecule has 1 saturated heterocycles. The molecule has 162 valence electrons. The first kappa shape index (κ1) is 22.8. The number of benzene rings is 1. The number of hydrogen-bond acceptors (Lipinski definition) is 6. The highest BCUT2D eigenvalue weighted by atomic mass is 16.6. The molecule has 2 amide bonds. The van der Waals surface area contributed by atoms with Crippen LogP contribution in [0.5, 0.6) is 11.5 Å². The highest BCUT2D eigenvalue weighted by Crippen LogP contribution is 2.29. The number of carbonyl (C=O) groups is 2. The summed E-state index contributed by atoms with van der Waals surface area (Å²) in [6, 6.07) is 4.98. The van der Waals surface area contributed by atoms with Crippen LogP contribution in [0.25, 0.3) is 0 Å². The van der Waals surface area contributed by atoms with E-state index in [1.54, 1.807) is 46.0 Å². The lowest BCUT2D eigenvalue weighted by atomic mass is 9.99. The third-order valence-electron chi connectivity index (χ3n) is 4.77. The van der Waals surface area contributed by atoms with Gasteiger partial charge < -0.3 is 29.5 Å². The van der Waals surface area contributed by atoms with Gasteiger partial charge in [0.2, 0.25) is 5.91 Å². The van der Waals surface area contributed by atoms with Gasteiger partial charge in [0.1, 0.15) is 17.1 Å². The number of nitrogens with one attached hydrogen (secondary N) is 1. The molecule has 0 saturated carbocycles. The number of carbonyl (C=O) groups excluding carboxylic acids is 2. The van der Waals surface area contributed by atoms with E-state index in [0.29, 0.717) is 37.4 Å². The van der Waals surface area contributed by atoms with Crippen LogP contribution in [0.15, 0.2) is 18.2 Å². The molecule has 0 spiro atoms. The summed E-state index contributed by atoms with van der Waals surface area (Å²) >= 11 is 0. The summed E-state index contributed by atoms with van der Waals surface area (Å²) in [6.07, 6.45) is 0.441. The van der Waals surface area contributed by atoms with Crippen LogP contribution in [0.3, 0.4) is 0 Å². The molecule has 2 rings (SSSR count). The van der Waals surface area contributed by atoms with Gasteiger partial charge in [-0.2, -0.15) is 0 Å². The molecular formula is C21H32N2O6. The Morgan fingerprint density at radius 2 is 2.03 bits per heavy atom. The first-order valence-corrected chi connectivity index (χ1v) is 9.77. The predicted octanol–water partition coefficient (Wildman–Crippen LogP) is 2.33. The van der Waals surface area contributed by atoms with Crippen LogP contribution >= 0.6 is 0 Å². The number of methoxy groups -OCH3 is 2. The van der Waals surface area contributed by atoms with Crippen LogP contribution in [-0.4, -0.2) is 61.0 Å². The van der Waals surface area contributed by atoms with Gasteiger partial charge in [0.15, 0.2) is 0 Å². The zero-order valence-electron chi connectivity index (χ0n) is 17.9. The van der Waals surface area contributed by atoms with E-state index in [0.717, 1.165) is 5.56 Å². The first-order valence-electron chi connectivity index (χ1n) is 9.77. The number of aliphatic hydroxyl groups excluding tert-OH is 1. The number of alkyl carbamates (subject to hydrolysis) is 1. The molecule has 0 aromatic heterocycles. The molecule has 0 radical (unpaired) electrons. The molecule has 1 heterocycles. The van der Waals surface area contributed by atoms with E-state index < -0.39 is 17.7 Å². The molecule has 8 heteroatoms. The van der Waals surface area contributed by atoms with Crippen molar-refractivity contribution in [3.8, 4) is 11.5 Å². The Kier molecular flexibility index (Phi) is 7.73. The van der Waals surface area contributed by atoms with E-state index in [9.17, 15) is 14.7 Å². The van der Waals surface area contributed by atoms with Crippen molar-refractivity contribution in [2.24, 2.45) is 5.92 Å². The second-order valence-electron chi connectivity index (χ2n) is 8.18. The van der Waals surface area contributed by atoms with Crippen LogP contribution in [0.4, 0.5) is 4.79 Å². The average Bonchev–Trinajstić information content (AvgIpc) is 2.99. The first-order chi connectivity index (χ1) is 13.7. The van der Waals surface area contributed by atoms with Crippen LogP contribution < -0.4 is 14.8 Å². The summed E-state index contributed by atoms with van der Waals surface area (Å²) in [5.74, 6) is 1.11. The quantitative estimate of drug-likeness (QED) is 0.685. The second kappa shape index (κ2) is 9.82. The lowest BCUT2D eigenvalue weighted by molar-refractivity contribution is -0.131. The fraction of sp³-hybridized carbons (Fsp3) is 0.619. The lowest BCUT2D eigenvalue weighted by Crippen LogP contribution is -2.42. The van der Waals surface area contributed by atoms with Crippen molar-refractivity contribution in [1.82, 2.24) is 10.2 Å². The third kappa shape index (κ3) is 6.52. The number of amides is 2. The van der Waals surface area contributed by atoms with E-state index in [1.807, 2.05) is 12.1 Å². The topological polar surface area (TPSA) is 97.3 Å². The maximum Gasteiger partial charge on any atom is 0.407 e. The fourth-order valence-electron chi connectivity index (χ4n) is 3.36. The van der Waals surface area contributed by atoms with E-state index in [-0.39, 0.29) is 18.4 Å². The molecule has 8 nitrogen and oxygen atoms in total. The van der Waals surface area contributed by atoms with E-state index in [2.05, 4.69) is 5.32 Å². The minimum absolute atomic E-state index is 0.00677. The Morgan fingerprint density at radius 1 is 1.31 bits per heavy atom. The number of rotatable bonds is 8. The number of ether oxygens (including phenoxy) is 3. The summed E-state index contributed by atoms with van der Waals surface area (Å²) in [5, 5.41) is 12.3. The monoisotopic (exact) mass is 408 g/mol. The number of likely N-dealkylation sites (tertiary alicyclic amines) is 1. The molecule has 1 aliphatic heterocycles. The highest BCUT2D eigenvalue weighted by Gasteiger charge is 2.34. The maximum absolute atomic E-state index is 12.8. The Hall–Kier alpha value is -2.48. The Labute approximate surface area is 172 Å². The third-order valence-corrected chi connectivity index (χ3v) is 4.77. The van der Waals surface area contributed by atoms with Gasteiger partial charge in [-0.25, -0.2) is 4.79 Å². The predicted molar refractivity (Wildman–Crippen MR) is 108 cm³/mol. The molecule has 1 aromatic carbocycles. The SMILES string of the molecule is COc1ccc(CN2CC[C@H](CC(CO)NC(=O)OC(C)(C)C)C2=O)c(OC)c1. The Bertz CT molecular complexity index is 716. The molecule has 2 atom stereocenters. The Balaban J connectivity index is 1.96. The second-order valence-corrected chi connectivity index (χ2v) is 8.18. The standard InChI is InChI=1S/C21H32N2O6/c1-21(2,3)29-20(26)22-16(13-24)10-14-8-9-23(19(14)25)12-15-6-7-17(27-4)11-18(15)28-5/h6-7,11,14,16,24H,8-10,12-13H2,1-5H3,(H,22,26)/t14-,16?/m1/s1. The summed E-state index contributed by atoms with van der Waals surface area (Å²) in [4.78, 5) is 26.6. The molecular weight excluding hydrogens is 376 g/mol. The molecule has 1 unspecified atom stereocenters. The van der Waals surface area contributed by atoms with Crippen molar-refractivity contribution in [2.45, 2.75) is 51.8 Å². The number of hydrogen-bond donors (Lipinski definition) is 2. The zero-order valence-corrected chi connectivity index (χ0v) is 17.9. The van der Waals surface area contributed by atoms with Crippen LogP contribution in [-0.2, 0) is 16.1 Å². The average molecular weight is 408 g/mol. The number of aliphatic hydroxyl groups is 1. The molecule has 1 aromatic rings.